The van der Waals surface area contributed by atoms with Gasteiger partial charge in [-0.3, -0.25) is 0 Å². The molecule has 5 nitrogen and oxygen atoms in total. The van der Waals surface area contributed by atoms with Gasteiger partial charge in [0.05, 0.1) is 4.21 Å². The molecule has 1 atom stereocenters. The van der Waals surface area contributed by atoms with E-state index >= 15 is 0 Å². The molecule has 3 N–H and O–H groups in total. The summed E-state index contributed by atoms with van der Waals surface area (Å²) >= 11 is 2.92. The van der Waals surface area contributed by atoms with E-state index < -0.39 is 10.0 Å². The van der Waals surface area contributed by atoms with Crippen LogP contribution in [0.2, 0.25) is 0 Å². The first kappa shape index (κ1) is 16.3. The molecule has 1 aliphatic heterocycles. The largest absolute Gasteiger partial charge is 0.309 e. The van der Waals surface area contributed by atoms with Crippen molar-refractivity contribution in [3.63, 3.8) is 0 Å². The molecule has 0 saturated carbocycles. The van der Waals surface area contributed by atoms with Gasteiger partial charge in [0.1, 0.15) is 4.21 Å². The predicted octanol–water partition coefficient (Wildman–Crippen LogP) is 2.17. The van der Waals surface area contributed by atoms with Crippen LogP contribution < -0.4 is 10.5 Å². The molecule has 0 bridgehead atoms. The average molecular weight is 336 g/mol. The maximum Gasteiger partial charge on any atom is 0.247 e. The number of sulfonamides is 1. The number of nitrogens with two attached hydrogens (primary N) is 1. The number of nitrogens with one attached hydrogen (secondary N) is 1. The fraction of sp³-hybridized carbons (Fsp3) is 0.667. The standard InChI is InChI=1S/C12H21N3O2S3/c1-3-5-14-10-8-15(6-4-2)19-12-9(10)7-11(18-12)20(13,16)17/h7,10,14H,3-6,8H2,1-2H3,(H2,13,16,17). The second-order valence-electron chi connectivity index (χ2n) is 4.84. The molecule has 0 aromatic carbocycles. The van der Waals surface area contributed by atoms with E-state index in [1.165, 1.54) is 11.3 Å². The second kappa shape index (κ2) is 6.76. The summed E-state index contributed by atoms with van der Waals surface area (Å²) in [5.41, 5.74) is 1.07. The number of thiophene rings is 1. The molecule has 1 unspecified atom stereocenters. The molecule has 0 fully saturated rings. The number of primary sulfonamides is 1. The molecule has 1 aromatic rings. The molecule has 0 amide bonds. The van der Waals surface area contributed by atoms with Crippen molar-refractivity contribution in [1.82, 2.24) is 9.62 Å². The molecule has 0 radical (unpaired) electrons. The molecule has 0 aliphatic carbocycles. The Bertz CT molecular complexity index is 556. The van der Waals surface area contributed by atoms with Crippen LogP contribution in [0.3, 0.4) is 0 Å². The SMILES string of the molecule is CCCNC1CN(CCC)Sc2sc(S(N)(=O)=O)cc21. The highest BCUT2D eigenvalue weighted by Gasteiger charge is 2.29. The normalized spacial score (nSPS) is 20.1. The molecule has 114 valence electrons. The van der Waals surface area contributed by atoms with E-state index in [9.17, 15) is 8.42 Å². The van der Waals surface area contributed by atoms with Crippen molar-refractivity contribution in [2.24, 2.45) is 5.14 Å². The zero-order valence-electron chi connectivity index (χ0n) is 11.8. The zero-order chi connectivity index (χ0) is 14.8. The lowest BCUT2D eigenvalue weighted by Crippen LogP contribution is -2.35. The maximum absolute atomic E-state index is 11.5. The first-order valence-electron chi connectivity index (χ1n) is 6.78. The average Bonchev–Trinajstić information content (AvgIpc) is 2.80. The van der Waals surface area contributed by atoms with Crippen LogP contribution >= 0.6 is 23.3 Å². The topological polar surface area (TPSA) is 75.4 Å². The summed E-state index contributed by atoms with van der Waals surface area (Å²) in [4.78, 5) is 0. The van der Waals surface area contributed by atoms with Crippen LogP contribution in [-0.4, -0.2) is 32.4 Å². The van der Waals surface area contributed by atoms with Gasteiger partial charge in [-0.05, 0) is 43.0 Å². The van der Waals surface area contributed by atoms with E-state index in [1.807, 2.05) is 0 Å². The lowest BCUT2D eigenvalue weighted by Gasteiger charge is -2.31. The Hall–Kier alpha value is -0.120. The summed E-state index contributed by atoms with van der Waals surface area (Å²) in [5.74, 6) is 0. The second-order valence-corrected chi connectivity index (χ2v) is 9.05. The molecule has 8 heteroatoms. The minimum atomic E-state index is -3.61. The van der Waals surface area contributed by atoms with Gasteiger partial charge in [0, 0.05) is 19.1 Å². The molecule has 1 aromatic heterocycles. The minimum absolute atomic E-state index is 0.185. The maximum atomic E-state index is 11.5. The minimum Gasteiger partial charge on any atom is -0.309 e. The van der Waals surface area contributed by atoms with Crippen LogP contribution in [0.4, 0.5) is 0 Å². The highest BCUT2D eigenvalue weighted by atomic mass is 32.3. The molecular formula is C12H21N3O2S3. The van der Waals surface area contributed by atoms with Gasteiger partial charge in [-0.2, -0.15) is 0 Å². The molecule has 2 rings (SSSR count). The van der Waals surface area contributed by atoms with E-state index in [1.54, 1.807) is 18.0 Å². The third-order valence-electron chi connectivity index (χ3n) is 3.07. The predicted molar refractivity (Wildman–Crippen MR) is 84.4 cm³/mol. The Balaban J connectivity index is 2.29. The highest BCUT2D eigenvalue weighted by molar-refractivity contribution is 7.99. The molecule has 0 saturated heterocycles. The van der Waals surface area contributed by atoms with Crippen molar-refractivity contribution in [2.75, 3.05) is 19.6 Å². The Kier molecular flexibility index (Phi) is 5.49. The summed E-state index contributed by atoms with van der Waals surface area (Å²) in [7, 11) is -3.61. The number of nitrogens with zero attached hydrogens (tertiary/aromatic N) is 1. The number of rotatable bonds is 6. The highest BCUT2D eigenvalue weighted by Crippen LogP contribution is 2.43. The third kappa shape index (κ3) is 3.75. The van der Waals surface area contributed by atoms with Gasteiger partial charge >= 0.3 is 0 Å². The summed E-state index contributed by atoms with van der Waals surface area (Å²) in [6, 6.07) is 1.92. The van der Waals surface area contributed by atoms with E-state index in [4.69, 9.17) is 5.14 Å². The summed E-state index contributed by atoms with van der Waals surface area (Å²) in [6.07, 6.45) is 2.13. The van der Waals surface area contributed by atoms with E-state index in [2.05, 4.69) is 23.5 Å². The Morgan fingerprint density at radius 3 is 2.80 bits per heavy atom. The van der Waals surface area contributed by atoms with Crippen molar-refractivity contribution in [3.05, 3.63) is 11.6 Å². The lowest BCUT2D eigenvalue weighted by molar-refractivity contribution is 0.376. The quantitative estimate of drug-likeness (QED) is 0.779. The van der Waals surface area contributed by atoms with Crippen molar-refractivity contribution in [2.45, 2.75) is 41.1 Å². The third-order valence-corrected chi connectivity index (χ3v) is 6.90. The molecule has 0 spiro atoms. The van der Waals surface area contributed by atoms with Crippen molar-refractivity contribution >= 4 is 33.3 Å². The molecular weight excluding hydrogens is 314 g/mol. The summed E-state index contributed by atoms with van der Waals surface area (Å²) in [5, 5.41) is 8.74. The van der Waals surface area contributed by atoms with Gasteiger partial charge in [-0.15, -0.1) is 11.3 Å². The number of fused-ring (bicyclic) bond motifs is 1. The van der Waals surface area contributed by atoms with Crippen LogP contribution in [-0.2, 0) is 10.0 Å². The van der Waals surface area contributed by atoms with Crippen molar-refractivity contribution in [1.29, 1.82) is 0 Å². The Morgan fingerprint density at radius 1 is 1.45 bits per heavy atom. The van der Waals surface area contributed by atoms with Crippen molar-refractivity contribution in [3.8, 4) is 0 Å². The van der Waals surface area contributed by atoms with E-state index in [0.717, 1.165) is 42.2 Å². The Labute approximate surface area is 129 Å². The fourth-order valence-corrected chi connectivity index (χ4v) is 5.78. The molecule has 2 heterocycles. The molecule has 20 heavy (non-hydrogen) atoms. The van der Waals surface area contributed by atoms with Gasteiger partial charge in [-0.1, -0.05) is 13.8 Å². The zero-order valence-corrected chi connectivity index (χ0v) is 14.2. The van der Waals surface area contributed by atoms with E-state index in [0.29, 0.717) is 0 Å². The van der Waals surface area contributed by atoms with Crippen LogP contribution in [0.15, 0.2) is 14.5 Å². The van der Waals surface area contributed by atoms with Crippen LogP contribution in [0, 0.1) is 0 Å². The summed E-state index contributed by atoms with van der Waals surface area (Å²) in [6.45, 7) is 7.09. The molecule has 1 aliphatic rings. The van der Waals surface area contributed by atoms with E-state index in [-0.39, 0.29) is 10.3 Å². The monoisotopic (exact) mass is 335 g/mol. The van der Waals surface area contributed by atoms with Gasteiger partial charge in [0.2, 0.25) is 10.0 Å². The smallest absolute Gasteiger partial charge is 0.247 e. The number of hydrogen-bond donors (Lipinski definition) is 2. The lowest BCUT2D eigenvalue weighted by atomic mass is 10.1. The van der Waals surface area contributed by atoms with Crippen molar-refractivity contribution < 1.29 is 8.42 Å². The van der Waals surface area contributed by atoms with Crippen LogP contribution in [0.5, 0.6) is 0 Å². The first-order chi connectivity index (χ1) is 9.45. The van der Waals surface area contributed by atoms with Gasteiger partial charge in [0.25, 0.3) is 0 Å². The van der Waals surface area contributed by atoms with Gasteiger partial charge in [-0.25, -0.2) is 17.9 Å². The number of hydrogen-bond acceptors (Lipinski definition) is 6. The Morgan fingerprint density at radius 2 is 2.20 bits per heavy atom. The van der Waals surface area contributed by atoms with Crippen LogP contribution in [0.25, 0.3) is 0 Å². The van der Waals surface area contributed by atoms with Crippen LogP contribution in [0.1, 0.15) is 38.3 Å². The fourth-order valence-electron chi connectivity index (χ4n) is 2.16. The first-order valence-corrected chi connectivity index (χ1v) is 9.92. The van der Waals surface area contributed by atoms with Gasteiger partial charge < -0.3 is 5.32 Å². The summed E-state index contributed by atoms with van der Waals surface area (Å²) < 4.78 is 26.6. The van der Waals surface area contributed by atoms with Gasteiger partial charge in [0.15, 0.2) is 0 Å².